The van der Waals surface area contributed by atoms with Crippen molar-refractivity contribution in [2.45, 2.75) is 31.5 Å². The molecule has 29 heavy (non-hydrogen) atoms. The lowest BCUT2D eigenvalue weighted by atomic mass is 10.0. The van der Waals surface area contributed by atoms with E-state index in [2.05, 4.69) is 16.8 Å². The first-order valence-corrected chi connectivity index (χ1v) is 11.3. The Morgan fingerprint density at radius 2 is 2.07 bits per heavy atom. The number of hydrogen-bond acceptors (Lipinski definition) is 5. The molecule has 0 radical (unpaired) electrons. The molecule has 7 heteroatoms. The molecule has 3 aromatic rings. The van der Waals surface area contributed by atoms with E-state index in [4.69, 9.17) is 32.6 Å². The van der Waals surface area contributed by atoms with Crippen LogP contribution in [-0.2, 0) is 0 Å². The molecule has 0 aliphatic carbocycles. The molecule has 2 aliphatic heterocycles. The fourth-order valence-corrected chi connectivity index (χ4v) is 5.84. The highest BCUT2D eigenvalue weighted by atomic mass is 35.5. The van der Waals surface area contributed by atoms with Gasteiger partial charge in [0.1, 0.15) is 23.6 Å². The molecule has 0 N–H and O–H groups in total. The van der Waals surface area contributed by atoms with Crippen LogP contribution in [0.15, 0.2) is 64.1 Å². The number of halogens is 2. The first kappa shape index (κ1) is 19.0. The summed E-state index contributed by atoms with van der Waals surface area (Å²) in [5.74, 6) is 2.66. The van der Waals surface area contributed by atoms with Gasteiger partial charge in [0.05, 0.1) is 10.7 Å². The van der Waals surface area contributed by atoms with Crippen LogP contribution in [0.1, 0.15) is 36.9 Å². The average molecular weight is 444 g/mol. The minimum atomic E-state index is -0.0901. The highest BCUT2D eigenvalue weighted by Crippen LogP contribution is 2.49. The lowest BCUT2D eigenvalue weighted by Crippen LogP contribution is -2.35. The Kier molecular flexibility index (Phi) is 5.06. The molecule has 1 fully saturated rings. The Labute approximate surface area is 183 Å². The van der Waals surface area contributed by atoms with Crippen molar-refractivity contribution in [1.29, 1.82) is 0 Å². The summed E-state index contributed by atoms with van der Waals surface area (Å²) in [5, 5.41) is 2.26. The third-order valence-electron chi connectivity index (χ3n) is 5.44. The van der Waals surface area contributed by atoms with Crippen LogP contribution in [-0.4, -0.2) is 26.8 Å². The van der Waals surface area contributed by atoms with Crippen LogP contribution in [0, 0.1) is 0 Å². The maximum atomic E-state index is 6.40. The van der Waals surface area contributed by atoms with E-state index in [0.29, 0.717) is 16.1 Å². The highest BCUT2D eigenvalue weighted by Gasteiger charge is 2.46. The van der Waals surface area contributed by atoms with Gasteiger partial charge in [0.25, 0.3) is 0 Å². The van der Waals surface area contributed by atoms with Crippen LogP contribution in [0.2, 0.25) is 10.0 Å². The third kappa shape index (κ3) is 3.35. The van der Waals surface area contributed by atoms with Crippen LogP contribution in [0.4, 0.5) is 0 Å². The zero-order chi connectivity index (χ0) is 20.0. The van der Waals surface area contributed by atoms with E-state index in [-0.39, 0.29) is 12.1 Å². The van der Waals surface area contributed by atoms with Gasteiger partial charge in [0.15, 0.2) is 5.17 Å². The van der Waals surface area contributed by atoms with Crippen LogP contribution >= 0.6 is 35.0 Å². The van der Waals surface area contributed by atoms with Gasteiger partial charge in [0, 0.05) is 28.6 Å². The average Bonchev–Trinajstić information content (AvgIpc) is 3.43. The number of benzene rings is 1. The number of thioether (sulfide) groups is 1. The van der Waals surface area contributed by atoms with E-state index in [1.54, 1.807) is 6.07 Å². The molecule has 0 unspecified atom stereocenters. The van der Waals surface area contributed by atoms with E-state index in [0.717, 1.165) is 40.1 Å². The van der Waals surface area contributed by atoms with E-state index in [1.165, 1.54) is 0 Å². The molecular weight excluding hydrogens is 425 g/mol. The molecule has 0 amide bonds. The molecule has 0 bridgehead atoms. The van der Waals surface area contributed by atoms with E-state index in [9.17, 15) is 0 Å². The topological polar surface area (TPSA) is 41.6 Å². The summed E-state index contributed by atoms with van der Waals surface area (Å²) < 4.78 is 6.35. The van der Waals surface area contributed by atoms with Crippen LogP contribution in [0.3, 0.4) is 0 Å². The van der Waals surface area contributed by atoms with Gasteiger partial charge in [-0.05, 0) is 48.9 Å². The predicted molar refractivity (Wildman–Crippen MR) is 120 cm³/mol. The standard InChI is InChI=1S/C22H19Cl2N3OS/c1-2-14-12-29-22-26-20(17-5-3-4-10-25-17)21(27(14)22)19-9-8-18(28-19)15-7-6-13(23)11-16(15)24/h3-11,14,20-21H,2,12H2,1H3/t14-,20+,21+/m1/s1. The summed E-state index contributed by atoms with van der Waals surface area (Å²) in [6, 6.07) is 15.8. The van der Waals surface area contributed by atoms with Gasteiger partial charge >= 0.3 is 0 Å². The first-order chi connectivity index (χ1) is 14.2. The third-order valence-corrected chi connectivity index (χ3v) is 7.12. The molecule has 148 valence electrons. The Morgan fingerprint density at radius 1 is 1.17 bits per heavy atom. The van der Waals surface area contributed by atoms with Crippen molar-refractivity contribution in [3.8, 4) is 11.3 Å². The fraction of sp³-hybridized carbons (Fsp3) is 0.273. The largest absolute Gasteiger partial charge is 0.459 e. The molecule has 0 saturated carbocycles. The molecule has 4 nitrogen and oxygen atoms in total. The molecule has 0 spiro atoms. The van der Waals surface area contributed by atoms with E-state index < -0.39 is 0 Å². The molecule has 2 aromatic heterocycles. The maximum absolute atomic E-state index is 6.40. The maximum Gasteiger partial charge on any atom is 0.161 e. The zero-order valence-corrected chi connectivity index (χ0v) is 18.1. The quantitative estimate of drug-likeness (QED) is 0.453. The van der Waals surface area contributed by atoms with Gasteiger partial charge in [-0.15, -0.1) is 0 Å². The van der Waals surface area contributed by atoms with Gasteiger partial charge in [0.2, 0.25) is 0 Å². The van der Waals surface area contributed by atoms with Crippen LogP contribution < -0.4 is 0 Å². The van der Waals surface area contributed by atoms with Gasteiger partial charge in [-0.1, -0.05) is 48.0 Å². The van der Waals surface area contributed by atoms with Crippen molar-refractivity contribution in [2.24, 2.45) is 4.99 Å². The molecule has 3 atom stereocenters. The molecule has 1 saturated heterocycles. The lowest BCUT2D eigenvalue weighted by molar-refractivity contribution is 0.226. The molecular formula is C22H19Cl2N3OS. The van der Waals surface area contributed by atoms with Crippen LogP contribution in [0.25, 0.3) is 11.3 Å². The Balaban J connectivity index is 1.56. The van der Waals surface area contributed by atoms with Crippen LogP contribution in [0.5, 0.6) is 0 Å². The Morgan fingerprint density at radius 3 is 2.83 bits per heavy atom. The summed E-state index contributed by atoms with van der Waals surface area (Å²) in [7, 11) is 0. The van der Waals surface area contributed by atoms with Crippen molar-refractivity contribution in [1.82, 2.24) is 9.88 Å². The Bertz CT molecular complexity index is 1070. The number of aromatic nitrogens is 1. The highest BCUT2D eigenvalue weighted by molar-refractivity contribution is 8.14. The number of aliphatic imine (C=N–C) groups is 1. The number of amidine groups is 1. The number of nitrogens with zero attached hydrogens (tertiary/aromatic N) is 3. The summed E-state index contributed by atoms with van der Waals surface area (Å²) in [4.78, 5) is 12.0. The van der Waals surface area contributed by atoms with E-state index >= 15 is 0 Å². The predicted octanol–water partition coefficient (Wildman–Crippen LogP) is 6.63. The second-order valence-corrected chi connectivity index (χ2v) is 8.99. The fourth-order valence-electron chi connectivity index (χ4n) is 4.01. The van der Waals surface area contributed by atoms with Crippen molar-refractivity contribution in [2.75, 3.05) is 5.75 Å². The van der Waals surface area contributed by atoms with Crippen molar-refractivity contribution in [3.63, 3.8) is 0 Å². The number of hydrogen-bond donors (Lipinski definition) is 0. The number of fused-ring (bicyclic) bond motifs is 1. The molecule has 4 heterocycles. The summed E-state index contributed by atoms with van der Waals surface area (Å²) in [5.41, 5.74) is 1.79. The SMILES string of the molecule is CC[C@@H]1CSC2=N[C@@H](c3ccccn3)[C@H](c3ccc(-c4ccc(Cl)cc4Cl)o3)N21. The molecule has 5 rings (SSSR count). The van der Waals surface area contributed by atoms with Gasteiger partial charge in [-0.25, -0.2) is 4.99 Å². The van der Waals surface area contributed by atoms with Crippen molar-refractivity contribution >= 4 is 40.1 Å². The van der Waals surface area contributed by atoms with Crippen molar-refractivity contribution < 1.29 is 4.42 Å². The Hall–Kier alpha value is -1.95. The molecule has 1 aromatic carbocycles. The summed E-state index contributed by atoms with van der Waals surface area (Å²) in [6.07, 6.45) is 2.88. The second-order valence-electron chi connectivity index (χ2n) is 7.16. The van der Waals surface area contributed by atoms with Gasteiger partial charge in [-0.3, -0.25) is 4.98 Å². The lowest BCUT2D eigenvalue weighted by Gasteiger charge is -2.30. The van der Waals surface area contributed by atoms with Gasteiger partial charge in [-0.2, -0.15) is 0 Å². The van der Waals surface area contributed by atoms with E-state index in [1.807, 2.05) is 60.4 Å². The summed E-state index contributed by atoms with van der Waals surface area (Å²) >= 11 is 14.3. The molecule has 2 aliphatic rings. The number of pyridine rings is 1. The zero-order valence-electron chi connectivity index (χ0n) is 15.8. The normalized spacial score (nSPS) is 23.3. The smallest absolute Gasteiger partial charge is 0.161 e. The minimum Gasteiger partial charge on any atom is -0.459 e. The van der Waals surface area contributed by atoms with Gasteiger partial charge < -0.3 is 9.32 Å². The van der Waals surface area contributed by atoms with Crippen molar-refractivity contribution in [3.05, 3.63) is 76.2 Å². The summed E-state index contributed by atoms with van der Waals surface area (Å²) in [6.45, 7) is 2.22. The first-order valence-electron chi connectivity index (χ1n) is 9.60. The monoisotopic (exact) mass is 443 g/mol. The minimum absolute atomic E-state index is 0.0142. The number of rotatable bonds is 4. The number of furan rings is 1. The second kappa shape index (κ2) is 7.71.